The molecule has 0 saturated heterocycles. The number of sulfonamides is 1. The van der Waals surface area contributed by atoms with E-state index in [2.05, 4.69) is 41.3 Å². The molecule has 10 heteroatoms. The maximum atomic E-state index is 13.3. The number of benzene rings is 2. The lowest BCUT2D eigenvalue weighted by Crippen LogP contribution is -2.16. The first kappa shape index (κ1) is 18.1. The van der Waals surface area contributed by atoms with Crippen LogP contribution in [0, 0.1) is 5.82 Å². The van der Waals surface area contributed by atoms with Gasteiger partial charge in [-0.3, -0.25) is 4.72 Å². The normalized spacial score (nSPS) is 11.6. The predicted molar refractivity (Wildman–Crippen MR) is 85.7 cm³/mol. The third-order valence-corrected chi connectivity index (χ3v) is 5.82. The van der Waals surface area contributed by atoms with Gasteiger partial charge in [0.05, 0.1) is 5.69 Å². The highest BCUT2D eigenvalue weighted by atomic mass is 79.9. The van der Waals surface area contributed by atoms with Gasteiger partial charge in [0.15, 0.2) is 0 Å². The molecule has 0 aliphatic carbocycles. The van der Waals surface area contributed by atoms with Crippen molar-refractivity contribution < 1.29 is 26.3 Å². The van der Waals surface area contributed by atoms with E-state index in [9.17, 15) is 21.6 Å². The second-order valence-electron chi connectivity index (χ2n) is 4.18. The van der Waals surface area contributed by atoms with E-state index in [1.807, 2.05) is 0 Å². The van der Waals surface area contributed by atoms with Gasteiger partial charge in [-0.25, -0.2) is 12.8 Å². The third-order valence-electron chi connectivity index (χ3n) is 2.58. The number of nitrogens with one attached hydrogen (secondary N) is 1. The van der Waals surface area contributed by atoms with Gasteiger partial charge in [-0.15, -0.1) is 0 Å². The summed E-state index contributed by atoms with van der Waals surface area (Å²) in [6, 6.07) is 7.27. The summed E-state index contributed by atoms with van der Waals surface area (Å²) < 4.78 is 69.3. The summed E-state index contributed by atoms with van der Waals surface area (Å²) in [7, 11) is -4.19. The maximum absolute atomic E-state index is 13.3. The van der Waals surface area contributed by atoms with Crippen LogP contribution in [0.5, 0.6) is 5.75 Å². The highest BCUT2D eigenvalue weighted by molar-refractivity contribution is 9.11. The number of hydrogen-bond donors (Lipinski definition) is 1. The molecule has 23 heavy (non-hydrogen) atoms. The molecule has 0 spiro atoms. The van der Waals surface area contributed by atoms with Crippen LogP contribution in [0.3, 0.4) is 0 Å². The van der Waals surface area contributed by atoms with Crippen LogP contribution >= 0.6 is 31.9 Å². The lowest BCUT2D eigenvalue weighted by atomic mass is 10.3. The van der Waals surface area contributed by atoms with E-state index >= 15 is 0 Å². The quantitative estimate of drug-likeness (QED) is 0.680. The molecule has 0 aromatic heterocycles. The number of halogens is 5. The van der Waals surface area contributed by atoms with Crippen molar-refractivity contribution >= 4 is 47.6 Å². The molecule has 0 unspecified atom stereocenters. The van der Waals surface area contributed by atoms with Gasteiger partial charge in [0.25, 0.3) is 10.0 Å². The van der Waals surface area contributed by atoms with E-state index in [-0.39, 0.29) is 25.3 Å². The first-order valence-electron chi connectivity index (χ1n) is 5.92. The average molecular weight is 475 g/mol. The molecule has 0 saturated carbocycles. The molecule has 0 amide bonds. The lowest BCUT2D eigenvalue weighted by Gasteiger charge is -2.14. The van der Waals surface area contributed by atoms with Crippen molar-refractivity contribution in [3.63, 3.8) is 0 Å². The Morgan fingerprint density at radius 2 is 1.65 bits per heavy atom. The Morgan fingerprint density at radius 3 is 2.22 bits per heavy atom. The summed E-state index contributed by atoms with van der Waals surface area (Å²) in [5.74, 6) is -0.982. The molecular formula is C13H8Br2F3NO3S. The molecule has 2 aromatic rings. The Labute approximate surface area is 147 Å². The van der Waals surface area contributed by atoms with Crippen molar-refractivity contribution in [1.82, 2.24) is 0 Å². The Hall–Kier alpha value is -1.26. The van der Waals surface area contributed by atoms with Crippen molar-refractivity contribution in [3.05, 3.63) is 51.2 Å². The van der Waals surface area contributed by atoms with Crippen LogP contribution in [0.25, 0.3) is 0 Å². The summed E-state index contributed by atoms with van der Waals surface area (Å²) in [5, 5.41) is 0. The van der Waals surface area contributed by atoms with Gasteiger partial charge in [-0.1, -0.05) is 12.1 Å². The first-order valence-corrected chi connectivity index (χ1v) is 8.99. The molecule has 0 atom stereocenters. The van der Waals surface area contributed by atoms with Gasteiger partial charge in [0, 0.05) is 8.95 Å². The molecule has 0 heterocycles. The minimum Gasteiger partial charge on any atom is -0.433 e. The van der Waals surface area contributed by atoms with Gasteiger partial charge in [-0.2, -0.15) is 8.78 Å². The number of ether oxygens (including phenoxy) is 1. The fourth-order valence-corrected chi connectivity index (χ4v) is 5.33. The smallest absolute Gasteiger partial charge is 0.387 e. The Morgan fingerprint density at radius 1 is 1.09 bits per heavy atom. The standard InChI is InChI=1S/C13H8Br2F3NO3S/c14-8-5-7(16)6-9(15)12(8)23(20,21)19-10-3-1-2-4-11(10)22-13(17)18/h1-6,13,19H. The average Bonchev–Trinajstić information content (AvgIpc) is 2.38. The maximum Gasteiger partial charge on any atom is 0.387 e. The summed E-state index contributed by atoms with van der Waals surface area (Å²) >= 11 is 5.93. The zero-order valence-electron chi connectivity index (χ0n) is 11.1. The Bertz CT molecular complexity index is 808. The Balaban J connectivity index is 2.44. The van der Waals surface area contributed by atoms with Crippen LogP contribution in [0.1, 0.15) is 0 Å². The van der Waals surface area contributed by atoms with E-state index in [4.69, 9.17) is 0 Å². The van der Waals surface area contributed by atoms with E-state index < -0.39 is 22.5 Å². The molecule has 0 aliphatic heterocycles. The van der Waals surface area contributed by atoms with Crippen LogP contribution in [0.2, 0.25) is 0 Å². The molecule has 0 bridgehead atoms. The van der Waals surface area contributed by atoms with E-state index in [1.54, 1.807) is 0 Å². The van der Waals surface area contributed by atoms with Crippen molar-refractivity contribution in [1.29, 1.82) is 0 Å². The van der Waals surface area contributed by atoms with Crippen molar-refractivity contribution in [2.24, 2.45) is 0 Å². The number of para-hydroxylation sites is 2. The van der Waals surface area contributed by atoms with Gasteiger partial charge >= 0.3 is 6.61 Å². The zero-order chi connectivity index (χ0) is 17.2. The summed E-state index contributed by atoms with van der Waals surface area (Å²) in [4.78, 5) is -0.272. The van der Waals surface area contributed by atoms with Crippen LogP contribution in [0.4, 0.5) is 18.9 Å². The number of anilines is 1. The molecular weight excluding hydrogens is 467 g/mol. The number of alkyl halides is 2. The fraction of sp³-hybridized carbons (Fsp3) is 0.0769. The minimum absolute atomic E-state index is 0.0239. The summed E-state index contributed by atoms with van der Waals surface area (Å²) in [6.45, 7) is -3.11. The highest BCUT2D eigenvalue weighted by Crippen LogP contribution is 2.34. The van der Waals surface area contributed by atoms with Crippen molar-refractivity contribution in [2.45, 2.75) is 11.5 Å². The number of hydrogen-bond acceptors (Lipinski definition) is 3. The van der Waals surface area contributed by atoms with Crippen LogP contribution in [-0.2, 0) is 10.0 Å². The predicted octanol–water partition coefficient (Wildman–Crippen LogP) is 4.75. The molecule has 124 valence electrons. The lowest BCUT2D eigenvalue weighted by molar-refractivity contribution is -0.0493. The second kappa shape index (κ2) is 7.10. The largest absolute Gasteiger partial charge is 0.433 e. The third kappa shape index (κ3) is 4.39. The fourth-order valence-electron chi connectivity index (χ4n) is 1.73. The van der Waals surface area contributed by atoms with Gasteiger partial charge in [-0.05, 0) is 56.1 Å². The molecule has 2 aromatic carbocycles. The monoisotopic (exact) mass is 473 g/mol. The second-order valence-corrected chi connectivity index (χ2v) is 7.51. The van der Waals surface area contributed by atoms with E-state index in [1.165, 1.54) is 24.3 Å². The van der Waals surface area contributed by atoms with E-state index in [0.717, 1.165) is 12.1 Å². The Kier molecular flexibility index (Phi) is 5.58. The topological polar surface area (TPSA) is 55.4 Å². The molecule has 1 N–H and O–H groups in total. The molecule has 0 radical (unpaired) electrons. The van der Waals surface area contributed by atoms with Gasteiger partial charge in [0.2, 0.25) is 0 Å². The molecule has 4 nitrogen and oxygen atoms in total. The molecule has 0 fully saturated rings. The van der Waals surface area contributed by atoms with Crippen LogP contribution < -0.4 is 9.46 Å². The SMILES string of the molecule is O=S(=O)(Nc1ccccc1OC(F)F)c1c(Br)cc(F)cc1Br. The first-order chi connectivity index (χ1) is 10.7. The summed E-state index contributed by atoms with van der Waals surface area (Å²) in [5.41, 5.74) is -0.170. The van der Waals surface area contributed by atoms with Crippen molar-refractivity contribution in [2.75, 3.05) is 4.72 Å². The van der Waals surface area contributed by atoms with Crippen LogP contribution in [0.15, 0.2) is 50.2 Å². The van der Waals surface area contributed by atoms with Crippen LogP contribution in [-0.4, -0.2) is 15.0 Å². The molecule has 2 rings (SSSR count). The van der Waals surface area contributed by atoms with Crippen molar-refractivity contribution in [3.8, 4) is 5.75 Å². The van der Waals surface area contributed by atoms with E-state index in [0.29, 0.717) is 0 Å². The zero-order valence-corrected chi connectivity index (χ0v) is 15.1. The highest BCUT2D eigenvalue weighted by Gasteiger charge is 2.24. The summed E-state index contributed by atoms with van der Waals surface area (Å²) in [6.07, 6.45) is 0. The van der Waals surface area contributed by atoms with Gasteiger partial charge < -0.3 is 4.74 Å². The minimum atomic E-state index is -4.19. The number of rotatable bonds is 5. The molecule has 0 aliphatic rings. The van der Waals surface area contributed by atoms with Gasteiger partial charge in [0.1, 0.15) is 16.5 Å².